The molecule has 0 aliphatic heterocycles. The van der Waals surface area contributed by atoms with E-state index in [-0.39, 0.29) is 10.6 Å². The maximum absolute atomic E-state index is 12.3. The molecule has 110 valence electrons. The maximum atomic E-state index is 12.3. The molecule has 0 aromatic heterocycles. The first-order valence-electron chi connectivity index (χ1n) is 6.91. The van der Waals surface area contributed by atoms with E-state index in [4.69, 9.17) is 10.5 Å². The first-order chi connectivity index (χ1) is 10.1. The van der Waals surface area contributed by atoms with E-state index < -0.39 is 9.84 Å². The van der Waals surface area contributed by atoms with Gasteiger partial charge in [-0.3, -0.25) is 4.90 Å². The van der Waals surface area contributed by atoms with Crippen molar-refractivity contribution in [2.75, 3.05) is 18.8 Å². The van der Waals surface area contributed by atoms with E-state index in [1.807, 2.05) is 6.07 Å². The summed E-state index contributed by atoms with van der Waals surface area (Å²) in [5.41, 5.74) is 0.347. The molecule has 2 rings (SSSR count). The summed E-state index contributed by atoms with van der Waals surface area (Å²) >= 11 is 0. The zero-order valence-electron chi connectivity index (χ0n) is 11.7. The van der Waals surface area contributed by atoms with Crippen molar-refractivity contribution >= 4 is 9.84 Å². The predicted octanol–water partition coefficient (Wildman–Crippen LogP) is 1.71. The standard InChI is InChI=1S/C15H17N3O2S/c16-7-2-8-18(14-5-6-14)9-10-21(19,20)15-4-1-3-13(11-15)12-17/h1,3-4,11,14H,2,5-6,8-10H2. The van der Waals surface area contributed by atoms with E-state index in [0.717, 1.165) is 12.8 Å². The Labute approximate surface area is 125 Å². The number of hydrogen-bond donors (Lipinski definition) is 0. The van der Waals surface area contributed by atoms with Crippen molar-refractivity contribution in [3.8, 4) is 12.1 Å². The van der Waals surface area contributed by atoms with Gasteiger partial charge >= 0.3 is 0 Å². The fraction of sp³-hybridized carbons (Fsp3) is 0.467. The Morgan fingerprint density at radius 3 is 2.62 bits per heavy atom. The van der Waals surface area contributed by atoms with Crippen molar-refractivity contribution in [3.63, 3.8) is 0 Å². The van der Waals surface area contributed by atoms with Gasteiger partial charge < -0.3 is 0 Å². The number of hydrogen-bond acceptors (Lipinski definition) is 5. The number of nitriles is 2. The monoisotopic (exact) mass is 303 g/mol. The Hall–Kier alpha value is -1.89. The van der Waals surface area contributed by atoms with Crippen molar-refractivity contribution in [3.05, 3.63) is 29.8 Å². The second kappa shape index (κ2) is 6.71. The average molecular weight is 303 g/mol. The van der Waals surface area contributed by atoms with Gasteiger partial charge in [-0.15, -0.1) is 0 Å². The molecule has 1 aromatic carbocycles. The molecule has 0 radical (unpaired) electrons. The lowest BCUT2D eigenvalue weighted by Gasteiger charge is -2.20. The summed E-state index contributed by atoms with van der Waals surface area (Å²) < 4.78 is 24.6. The SMILES string of the molecule is N#CCCN(CCS(=O)(=O)c1cccc(C#N)c1)C1CC1. The van der Waals surface area contributed by atoms with Crippen LogP contribution in [0.1, 0.15) is 24.8 Å². The van der Waals surface area contributed by atoms with Gasteiger partial charge in [0.15, 0.2) is 9.84 Å². The Morgan fingerprint density at radius 2 is 2.00 bits per heavy atom. The van der Waals surface area contributed by atoms with Crippen LogP contribution in [0.2, 0.25) is 0 Å². The first-order valence-corrected chi connectivity index (χ1v) is 8.56. The molecule has 0 unspecified atom stereocenters. The van der Waals surface area contributed by atoms with Crippen LogP contribution in [0.25, 0.3) is 0 Å². The van der Waals surface area contributed by atoms with Gasteiger partial charge in [0.25, 0.3) is 0 Å². The predicted molar refractivity (Wildman–Crippen MR) is 78.0 cm³/mol. The van der Waals surface area contributed by atoms with Gasteiger partial charge in [-0.1, -0.05) is 6.07 Å². The van der Waals surface area contributed by atoms with Crippen LogP contribution < -0.4 is 0 Å². The van der Waals surface area contributed by atoms with Crippen LogP contribution in [-0.4, -0.2) is 38.2 Å². The molecule has 0 heterocycles. The van der Waals surface area contributed by atoms with E-state index in [2.05, 4.69) is 11.0 Å². The van der Waals surface area contributed by atoms with Crippen LogP contribution in [0, 0.1) is 22.7 Å². The fourth-order valence-electron chi connectivity index (χ4n) is 2.22. The Balaban J connectivity index is 2.03. The van der Waals surface area contributed by atoms with Gasteiger partial charge in [0, 0.05) is 25.6 Å². The van der Waals surface area contributed by atoms with Gasteiger partial charge in [-0.05, 0) is 31.0 Å². The molecule has 0 N–H and O–H groups in total. The normalized spacial score (nSPS) is 14.6. The molecule has 0 bridgehead atoms. The number of benzene rings is 1. The highest BCUT2D eigenvalue weighted by molar-refractivity contribution is 7.91. The molecule has 6 heteroatoms. The fourth-order valence-corrected chi connectivity index (χ4v) is 3.53. The third-order valence-electron chi connectivity index (χ3n) is 3.54. The van der Waals surface area contributed by atoms with Crippen LogP contribution in [0.4, 0.5) is 0 Å². The van der Waals surface area contributed by atoms with Gasteiger partial charge in [-0.2, -0.15) is 10.5 Å². The van der Waals surface area contributed by atoms with E-state index >= 15 is 0 Å². The molecule has 1 saturated carbocycles. The molecule has 0 atom stereocenters. The lowest BCUT2D eigenvalue weighted by molar-refractivity contribution is 0.285. The van der Waals surface area contributed by atoms with E-state index in [9.17, 15) is 8.42 Å². The Morgan fingerprint density at radius 1 is 1.24 bits per heavy atom. The van der Waals surface area contributed by atoms with E-state index in [0.29, 0.717) is 31.1 Å². The van der Waals surface area contributed by atoms with Gasteiger partial charge in [-0.25, -0.2) is 8.42 Å². The van der Waals surface area contributed by atoms with Crippen LogP contribution in [0.5, 0.6) is 0 Å². The van der Waals surface area contributed by atoms with E-state index in [1.54, 1.807) is 12.1 Å². The van der Waals surface area contributed by atoms with Gasteiger partial charge in [0.05, 0.1) is 28.4 Å². The molecular formula is C15H17N3O2S. The highest BCUT2D eigenvalue weighted by atomic mass is 32.2. The third-order valence-corrected chi connectivity index (χ3v) is 5.24. The van der Waals surface area contributed by atoms with E-state index in [1.165, 1.54) is 12.1 Å². The third kappa shape index (κ3) is 4.29. The van der Waals surface area contributed by atoms with Crippen molar-refractivity contribution in [2.45, 2.75) is 30.2 Å². The number of sulfone groups is 1. The first kappa shape index (κ1) is 15.5. The van der Waals surface area contributed by atoms with Crippen molar-refractivity contribution in [1.82, 2.24) is 4.90 Å². The summed E-state index contributed by atoms with van der Waals surface area (Å²) in [4.78, 5) is 2.27. The van der Waals surface area contributed by atoms with Gasteiger partial charge in [0.1, 0.15) is 0 Å². The summed E-state index contributed by atoms with van der Waals surface area (Å²) in [7, 11) is -3.39. The maximum Gasteiger partial charge on any atom is 0.179 e. The summed E-state index contributed by atoms with van der Waals surface area (Å²) in [6.45, 7) is 1.06. The molecule has 1 fully saturated rings. The van der Waals surface area contributed by atoms with Crippen LogP contribution in [0.3, 0.4) is 0 Å². The lowest BCUT2D eigenvalue weighted by atomic mass is 10.2. The quantitative estimate of drug-likeness (QED) is 0.765. The zero-order chi connectivity index (χ0) is 15.3. The minimum atomic E-state index is -3.39. The van der Waals surface area contributed by atoms with Crippen LogP contribution in [0.15, 0.2) is 29.2 Å². The zero-order valence-corrected chi connectivity index (χ0v) is 12.5. The highest BCUT2D eigenvalue weighted by Gasteiger charge is 2.29. The molecule has 1 aromatic rings. The molecule has 0 saturated heterocycles. The Kier molecular flexibility index (Phi) is 4.95. The molecule has 21 heavy (non-hydrogen) atoms. The molecule has 1 aliphatic rings. The Bertz CT molecular complexity index is 682. The smallest absolute Gasteiger partial charge is 0.179 e. The molecule has 0 spiro atoms. The summed E-state index contributed by atoms with van der Waals surface area (Å²) in [5.74, 6) is 0.0177. The van der Waals surface area contributed by atoms with Crippen molar-refractivity contribution in [1.29, 1.82) is 10.5 Å². The summed E-state index contributed by atoms with van der Waals surface area (Å²) in [5, 5.41) is 17.5. The minimum absolute atomic E-state index is 0.0177. The number of rotatable bonds is 7. The molecular weight excluding hydrogens is 286 g/mol. The lowest BCUT2D eigenvalue weighted by Crippen LogP contribution is -2.32. The van der Waals surface area contributed by atoms with Crippen LogP contribution in [-0.2, 0) is 9.84 Å². The minimum Gasteiger partial charge on any atom is -0.298 e. The largest absolute Gasteiger partial charge is 0.298 e. The highest BCUT2D eigenvalue weighted by Crippen LogP contribution is 2.27. The molecule has 0 amide bonds. The summed E-state index contributed by atoms with van der Waals surface area (Å²) in [6.07, 6.45) is 2.57. The second-order valence-electron chi connectivity index (χ2n) is 5.13. The van der Waals surface area contributed by atoms with Crippen molar-refractivity contribution < 1.29 is 8.42 Å². The average Bonchev–Trinajstić information content (AvgIpc) is 3.32. The van der Waals surface area contributed by atoms with Crippen LogP contribution >= 0.6 is 0 Å². The van der Waals surface area contributed by atoms with Crippen molar-refractivity contribution in [2.24, 2.45) is 0 Å². The van der Waals surface area contributed by atoms with Gasteiger partial charge in [0.2, 0.25) is 0 Å². The summed E-state index contributed by atoms with van der Waals surface area (Å²) in [6, 6.07) is 10.6. The molecule has 1 aliphatic carbocycles. The number of nitrogens with zero attached hydrogens (tertiary/aromatic N) is 3. The second-order valence-corrected chi connectivity index (χ2v) is 7.24. The topological polar surface area (TPSA) is 85.0 Å². The molecule has 5 nitrogen and oxygen atoms in total.